The smallest absolute Gasteiger partial charge is 0.263 e. The third-order valence-corrected chi connectivity index (χ3v) is 5.12. The third-order valence-electron chi connectivity index (χ3n) is 4.08. The number of carbonyl (C=O) groups excluding carboxylic acids is 1. The fraction of sp³-hybridized carbons (Fsp3) is 0.375. The summed E-state index contributed by atoms with van der Waals surface area (Å²) in [7, 11) is 1.67. The van der Waals surface area contributed by atoms with Crippen LogP contribution in [-0.4, -0.2) is 28.5 Å². The highest BCUT2D eigenvalue weighted by atomic mass is 32.1. The van der Waals surface area contributed by atoms with Gasteiger partial charge in [-0.25, -0.2) is 0 Å². The van der Waals surface area contributed by atoms with Crippen LogP contribution < -0.4 is 5.56 Å². The number of hydrogen-bond donors (Lipinski definition) is 0. The molecule has 1 saturated heterocycles. The maximum absolute atomic E-state index is 12.5. The normalized spacial score (nSPS) is 16.1. The van der Waals surface area contributed by atoms with Crippen LogP contribution in [-0.2, 0) is 7.05 Å². The Hall–Kier alpha value is -1.88. The minimum absolute atomic E-state index is 0.138. The van der Waals surface area contributed by atoms with E-state index in [1.165, 1.54) is 9.44 Å². The Morgan fingerprint density at radius 1 is 1.24 bits per heavy atom. The summed E-state index contributed by atoms with van der Waals surface area (Å²) < 4.78 is 1.45. The Balaban J connectivity index is 1.71. The van der Waals surface area contributed by atoms with E-state index in [1.54, 1.807) is 41.6 Å². The zero-order valence-electron chi connectivity index (χ0n) is 12.0. The molecule has 4 nitrogen and oxygen atoms in total. The van der Waals surface area contributed by atoms with Crippen LogP contribution in [0, 0.1) is 0 Å². The average Bonchev–Trinajstić information content (AvgIpc) is 3.04. The van der Waals surface area contributed by atoms with E-state index >= 15 is 0 Å². The molecule has 0 spiro atoms. The molecule has 110 valence electrons. The molecule has 1 aliphatic rings. The van der Waals surface area contributed by atoms with Crippen molar-refractivity contribution in [1.29, 1.82) is 0 Å². The minimum atomic E-state index is -0.220. The molecular weight excluding hydrogens is 284 g/mol. The van der Waals surface area contributed by atoms with Crippen molar-refractivity contribution < 1.29 is 4.79 Å². The number of thiophene rings is 1. The Morgan fingerprint density at radius 2 is 2.00 bits per heavy atom. The summed E-state index contributed by atoms with van der Waals surface area (Å²) >= 11 is 1.78. The summed E-state index contributed by atoms with van der Waals surface area (Å²) in [4.78, 5) is 27.7. The molecule has 5 heteroatoms. The first-order valence-electron chi connectivity index (χ1n) is 7.15. The van der Waals surface area contributed by atoms with E-state index < -0.39 is 0 Å². The maximum atomic E-state index is 12.5. The Labute approximate surface area is 127 Å². The van der Waals surface area contributed by atoms with Crippen molar-refractivity contribution in [3.05, 3.63) is 56.6 Å². The molecule has 1 aliphatic heterocycles. The Bertz CT molecular complexity index is 683. The highest BCUT2D eigenvalue weighted by molar-refractivity contribution is 7.10. The van der Waals surface area contributed by atoms with Gasteiger partial charge in [-0.05, 0) is 42.3 Å². The molecule has 0 saturated carbocycles. The second-order valence-electron chi connectivity index (χ2n) is 5.42. The van der Waals surface area contributed by atoms with Crippen LogP contribution in [0.4, 0.5) is 0 Å². The van der Waals surface area contributed by atoms with Gasteiger partial charge in [0, 0.05) is 31.2 Å². The lowest BCUT2D eigenvalue weighted by Crippen LogP contribution is -2.40. The van der Waals surface area contributed by atoms with Crippen LogP contribution in [0.15, 0.2) is 40.6 Å². The molecule has 2 aromatic heterocycles. The first kappa shape index (κ1) is 14.1. The van der Waals surface area contributed by atoms with Crippen molar-refractivity contribution >= 4 is 17.2 Å². The second kappa shape index (κ2) is 5.85. The fourth-order valence-corrected chi connectivity index (χ4v) is 3.72. The first-order valence-corrected chi connectivity index (χ1v) is 8.03. The topological polar surface area (TPSA) is 42.3 Å². The van der Waals surface area contributed by atoms with Crippen LogP contribution in [0.25, 0.3) is 0 Å². The third kappa shape index (κ3) is 2.78. The molecule has 0 aromatic carbocycles. The number of amides is 1. The maximum Gasteiger partial charge on any atom is 0.263 e. The summed E-state index contributed by atoms with van der Waals surface area (Å²) in [5.41, 5.74) is 0.0532. The minimum Gasteiger partial charge on any atom is -0.338 e. The van der Waals surface area contributed by atoms with Crippen molar-refractivity contribution in [1.82, 2.24) is 9.47 Å². The van der Waals surface area contributed by atoms with Crippen LogP contribution in [0.2, 0.25) is 0 Å². The van der Waals surface area contributed by atoms with Crippen LogP contribution in [0.3, 0.4) is 0 Å². The molecule has 21 heavy (non-hydrogen) atoms. The molecule has 0 atom stereocenters. The van der Waals surface area contributed by atoms with Crippen molar-refractivity contribution in [3.63, 3.8) is 0 Å². The molecule has 0 unspecified atom stereocenters. The highest BCUT2D eigenvalue weighted by Gasteiger charge is 2.26. The summed E-state index contributed by atoms with van der Waals surface area (Å²) in [6.07, 6.45) is 3.61. The van der Waals surface area contributed by atoms with Gasteiger partial charge in [-0.3, -0.25) is 9.59 Å². The van der Waals surface area contributed by atoms with E-state index in [2.05, 4.69) is 17.5 Å². The van der Waals surface area contributed by atoms with E-state index in [1.807, 2.05) is 0 Å². The van der Waals surface area contributed by atoms with Gasteiger partial charge >= 0.3 is 0 Å². The standard InChI is InChI=1S/C16H18N2O2S/c1-17-8-2-4-13(15(17)19)16(20)18-9-6-12(7-10-18)14-5-3-11-21-14/h2-5,8,11-12H,6-7,9-10H2,1H3. The van der Waals surface area contributed by atoms with Gasteiger partial charge in [-0.2, -0.15) is 0 Å². The van der Waals surface area contributed by atoms with Crippen molar-refractivity contribution in [3.8, 4) is 0 Å². The van der Waals surface area contributed by atoms with Gasteiger partial charge in [0.1, 0.15) is 5.56 Å². The molecule has 0 aliphatic carbocycles. The lowest BCUT2D eigenvalue weighted by atomic mass is 9.95. The van der Waals surface area contributed by atoms with Gasteiger partial charge in [0.2, 0.25) is 0 Å². The monoisotopic (exact) mass is 302 g/mol. The molecule has 0 bridgehead atoms. The Kier molecular flexibility index (Phi) is 3.92. The van der Waals surface area contributed by atoms with E-state index in [-0.39, 0.29) is 17.0 Å². The summed E-state index contributed by atoms with van der Waals surface area (Å²) in [6, 6.07) is 7.61. The van der Waals surface area contributed by atoms with Gasteiger partial charge in [0.15, 0.2) is 0 Å². The lowest BCUT2D eigenvalue weighted by molar-refractivity contribution is 0.0711. The number of likely N-dealkylation sites (tertiary alicyclic amines) is 1. The number of aromatic nitrogens is 1. The zero-order valence-corrected chi connectivity index (χ0v) is 12.8. The fourth-order valence-electron chi connectivity index (χ4n) is 2.82. The van der Waals surface area contributed by atoms with Gasteiger partial charge in [0.25, 0.3) is 11.5 Å². The first-order chi connectivity index (χ1) is 10.2. The molecular formula is C16H18N2O2S. The van der Waals surface area contributed by atoms with E-state index in [0.717, 1.165) is 25.9 Å². The summed E-state index contributed by atoms with van der Waals surface area (Å²) in [6.45, 7) is 1.44. The van der Waals surface area contributed by atoms with Gasteiger partial charge in [-0.1, -0.05) is 6.07 Å². The van der Waals surface area contributed by atoms with Crippen molar-refractivity contribution in [2.24, 2.45) is 7.05 Å². The number of rotatable bonds is 2. The van der Waals surface area contributed by atoms with Crippen LogP contribution in [0.5, 0.6) is 0 Å². The second-order valence-corrected chi connectivity index (χ2v) is 6.40. The van der Waals surface area contributed by atoms with E-state index in [4.69, 9.17) is 0 Å². The quantitative estimate of drug-likeness (QED) is 0.855. The zero-order chi connectivity index (χ0) is 14.8. The van der Waals surface area contributed by atoms with Gasteiger partial charge < -0.3 is 9.47 Å². The van der Waals surface area contributed by atoms with Crippen LogP contribution >= 0.6 is 11.3 Å². The van der Waals surface area contributed by atoms with Gasteiger partial charge in [0.05, 0.1) is 0 Å². The molecule has 2 aromatic rings. The van der Waals surface area contributed by atoms with Gasteiger partial charge in [-0.15, -0.1) is 11.3 Å². The predicted octanol–water partition coefficient (Wildman–Crippen LogP) is 2.47. The molecule has 3 rings (SSSR count). The number of hydrogen-bond acceptors (Lipinski definition) is 3. The Morgan fingerprint density at radius 3 is 2.67 bits per heavy atom. The SMILES string of the molecule is Cn1cccc(C(=O)N2CCC(c3cccs3)CC2)c1=O. The van der Waals surface area contributed by atoms with Crippen molar-refractivity contribution in [2.75, 3.05) is 13.1 Å². The molecule has 0 N–H and O–H groups in total. The molecule has 1 amide bonds. The molecule has 0 radical (unpaired) electrons. The number of aryl methyl sites for hydroxylation is 1. The molecule has 3 heterocycles. The number of pyridine rings is 1. The number of piperidine rings is 1. The summed E-state index contributed by atoms with van der Waals surface area (Å²) in [5.74, 6) is 0.411. The van der Waals surface area contributed by atoms with E-state index in [0.29, 0.717) is 5.92 Å². The number of nitrogens with zero attached hydrogens (tertiary/aromatic N) is 2. The van der Waals surface area contributed by atoms with Crippen LogP contribution in [0.1, 0.15) is 34.0 Å². The summed E-state index contributed by atoms with van der Waals surface area (Å²) in [5, 5.41) is 2.10. The molecule has 1 fully saturated rings. The largest absolute Gasteiger partial charge is 0.338 e. The average molecular weight is 302 g/mol. The number of carbonyl (C=O) groups is 1. The highest BCUT2D eigenvalue weighted by Crippen LogP contribution is 2.31. The predicted molar refractivity (Wildman–Crippen MR) is 83.9 cm³/mol. The lowest BCUT2D eigenvalue weighted by Gasteiger charge is -2.31. The van der Waals surface area contributed by atoms with E-state index in [9.17, 15) is 9.59 Å². The van der Waals surface area contributed by atoms with Crippen molar-refractivity contribution in [2.45, 2.75) is 18.8 Å².